The summed E-state index contributed by atoms with van der Waals surface area (Å²) in [5.41, 5.74) is 6.62. The summed E-state index contributed by atoms with van der Waals surface area (Å²) in [6.07, 6.45) is 1.64. The van der Waals surface area contributed by atoms with E-state index in [-0.39, 0.29) is 36.1 Å². The summed E-state index contributed by atoms with van der Waals surface area (Å²) in [6, 6.07) is 6.66. The van der Waals surface area contributed by atoms with Gasteiger partial charge in [0, 0.05) is 37.0 Å². The average Bonchev–Trinajstić information content (AvgIpc) is 3.27. The SMILES string of the molecule is CCc1cc(NC(=O)c2ncc(-c3ccc(OC(F)F)c(F)c3F)n2C)ccc1C(=O)N(CC)OCCN. The van der Waals surface area contributed by atoms with Crippen LogP contribution in [0.3, 0.4) is 0 Å². The topological polar surface area (TPSA) is 112 Å². The zero-order valence-corrected chi connectivity index (χ0v) is 20.9. The fourth-order valence-electron chi connectivity index (χ4n) is 3.74. The molecule has 3 N–H and O–H groups in total. The fraction of sp³-hybridized carbons (Fsp3) is 0.320. The van der Waals surface area contributed by atoms with E-state index >= 15 is 0 Å². The monoisotopic (exact) mass is 537 g/mol. The smallest absolute Gasteiger partial charge is 0.387 e. The van der Waals surface area contributed by atoms with Crippen molar-refractivity contribution in [3.63, 3.8) is 0 Å². The second-order valence-corrected chi connectivity index (χ2v) is 7.95. The number of anilines is 1. The molecule has 204 valence electrons. The van der Waals surface area contributed by atoms with Crippen LogP contribution in [0.1, 0.15) is 40.4 Å². The molecule has 2 amide bonds. The number of nitrogens with two attached hydrogens (primary N) is 1. The summed E-state index contributed by atoms with van der Waals surface area (Å²) in [4.78, 5) is 35.2. The van der Waals surface area contributed by atoms with Crippen molar-refractivity contribution in [3.05, 3.63) is 65.1 Å². The van der Waals surface area contributed by atoms with Crippen molar-refractivity contribution in [2.45, 2.75) is 26.9 Å². The van der Waals surface area contributed by atoms with E-state index in [1.807, 2.05) is 6.92 Å². The molecule has 0 spiro atoms. The Morgan fingerprint density at radius 2 is 1.89 bits per heavy atom. The lowest BCUT2D eigenvalue weighted by molar-refractivity contribution is -0.117. The Morgan fingerprint density at radius 1 is 1.16 bits per heavy atom. The summed E-state index contributed by atoms with van der Waals surface area (Å²) >= 11 is 0. The number of aromatic nitrogens is 2. The van der Waals surface area contributed by atoms with E-state index < -0.39 is 29.9 Å². The standard InChI is InChI=1S/C25H27F4N5O4/c1-4-14-12-15(6-7-16(14)24(36)34(5-2)37-11-10-30)32-23(35)22-31-13-18(33(22)3)17-8-9-19(38-25(28)29)21(27)20(17)26/h6-9,12-13,25H,4-5,10-11,30H2,1-3H3,(H,32,35). The summed E-state index contributed by atoms with van der Waals surface area (Å²) in [5.74, 6) is -5.08. The van der Waals surface area contributed by atoms with Crippen molar-refractivity contribution in [2.24, 2.45) is 12.8 Å². The van der Waals surface area contributed by atoms with Crippen LogP contribution in [0.2, 0.25) is 0 Å². The van der Waals surface area contributed by atoms with Gasteiger partial charge in [-0.1, -0.05) is 6.92 Å². The lowest BCUT2D eigenvalue weighted by Gasteiger charge is -2.21. The van der Waals surface area contributed by atoms with Crippen LogP contribution in [0.5, 0.6) is 5.75 Å². The molecule has 0 aliphatic carbocycles. The third kappa shape index (κ3) is 6.11. The maximum absolute atomic E-state index is 14.6. The molecule has 0 unspecified atom stereocenters. The maximum Gasteiger partial charge on any atom is 0.387 e. The molecular formula is C25H27F4N5O4. The van der Waals surface area contributed by atoms with Crippen LogP contribution in [0.4, 0.5) is 23.2 Å². The first kappa shape index (κ1) is 28.6. The van der Waals surface area contributed by atoms with Crippen LogP contribution in [-0.2, 0) is 18.3 Å². The summed E-state index contributed by atoms with van der Waals surface area (Å²) in [5, 5.41) is 3.88. The molecule has 3 rings (SSSR count). The van der Waals surface area contributed by atoms with Crippen LogP contribution in [0.25, 0.3) is 11.3 Å². The van der Waals surface area contributed by atoms with Gasteiger partial charge in [0.15, 0.2) is 17.4 Å². The molecule has 0 bridgehead atoms. The zero-order chi connectivity index (χ0) is 28.0. The molecular weight excluding hydrogens is 510 g/mol. The molecule has 0 saturated carbocycles. The maximum atomic E-state index is 14.6. The second-order valence-electron chi connectivity index (χ2n) is 7.95. The van der Waals surface area contributed by atoms with Gasteiger partial charge in [0.05, 0.1) is 18.5 Å². The number of alkyl halides is 2. The number of aryl methyl sites for hydroxylation is 1. The van der Waals surface area contributed by atoms with E-state index in [4.69, 9.17) is 10.6 Å². The first-order valence-electron chi connectivity index (χ1n) is 11.7. The first-order valence-corrected chi connectivity index (χ1v) is 11.7. The normalized spacial score (nSPS) is 11.1. The predicted molar refractivity (Wildman–Crippen MR) is 131 cm³/mol. The van der Waals surface area contributed by atoms with E-state index in [9.17, 15) is 27.2 Å². The van der Waals surface area contributed by atoms with Crippen LogP contribution in [0.15, 0.2) is 36.5 Å². The van der Waals surface area contributed by atoms with Gasteiger partial charge in [-0.25, -0.2) is 14.4 Å². The number of carbonyl (C=O) groups excluding carboxylic acids is 2. The number of halogens is 4. The summed E-state index contributed by atoms with van der Waals surface area (Å²) in [7, 11) is 1.41. The number of carbonyl (C=O) groups is 2. The van der Waals surface area contributed by atoms with Gasteiger partial charge < -0.3 is 20.4 Å². The number of amides is 2. The third-order valence-electron chi connectivity index (χ3n) is 5.58. The van der Waals surface area contributed by atoms with Gasteiger partial charge in [-0.2, -0.15) is 13.2 Å². The third-order valence-corrected chi connectivity index (χ3v) is 5.58. The van der Waals surface area contributed by atoms with E-state index in [1.165, 1.54) is 16.7 Å². The number of imidazole rings is 1. The number of hydroxylamine groups is 2. The van der Waals surface area contributed by atoms with Crippen molar-refractivity contribution >= 4 is 17.5 Å². The van der Waals surface area contributed by atoms with Gasteiger partial charge in [-0.15, -0.1) is 0 Å². The van der Waals surface area contributed by atoms with E-state index in [1.54, 1.807) is 25.1 Å². The Hall–Kier alpha value is -3.97. The molecule has 0 fully saturated rings. The lowest BCUT2D eigenvalue weighted by Crippen LogP contribution is -2.33. The van der Waals surface area contributed by atoms with E-state index in [0.717, 1.165) is 18.3 Å². The molecule has 9 nitrogen and oxygen atoms in total. The van der Waals surface area contributed by atoms with Crippen molar-refractivity contribution in [1.82, 2.24) is 14.6 Å². The molecule has 3 aromatic rings. The summed E-state index contributed by atoms with van der Waals surface area (Å²) in [6.45, 7) is 1.05. The number of rotatable bonds is 11. The number of hydrogen-bond donors (Lipinski definition) is 2. The molecule has 0 atom stereocenters. The number of hydrogen-bond acceptors (Lipinski definition) is 6. The Balaban J connectivity index is 1.83. The van der Waals surface area contributed by atoms with Gasteiger partial charge in [0.1, 0.15) is 0 Å². The molecule has 38 heavy (non-hydrogen) atoms. The number of ether oxygens (including phenoxy) is 1. The lowest BCUT2D eigenvalue weighted by atomic mass is 10.0. The zero-order valence-electron chi connectivity index (χ0n) is 20.9. The summed E-state index contributed by atoms with van der Waals surface area (Å²) < 4.78 is 58.8. The van der Waals surface area contributed by atoms with E-state index in [2.05, 4.69) is 15.0 Å². The van der Waals surface area contributed by atoms with Crippen molar-refractivity contribution < 1.29 is 36.7 Å². The molecule has 1 heterocycles. The van der Waals surface area contributed by atoms with Crippen LogP contribution in [0, 0.1) is 11.6 Å². The highest BCUT2D eigenvalue weighted by Crippen LogP contribution is 2.31. The second kappa shape index (κ2) is 12.5. The Morgan fingerprint density at radius 3 is 2.53 bits per heavy atom. The minimum atomic E-state index is -3.32. The quantitative estimate of drug-likeness (QED) is 0.281. The Bertz CT molecular complexity index is 1320. The highest BCUT2D eigenvalue weighted by molar-refractivity contribution is 6.03. The molecule has 0 radical (unpaired) electrons. The highest BCUT2D eigenvalue weighted by Gasteiger charge is 2.23. The van der Waals surface area contributed by atoms with Crippen LogP contribution >= 0.6 is 0 Å². The molecule has 13 heteroatoms. The number of nitrogens with zero attached hydrogens (tertiary/aromatic N) is 3. The van der Waals surface area contributed by atoms with Crippen molar-refractivity contribution in [2.75, 3.05) is 25.0 Å². The molecule has 2 aromatic carbocycles. The van der Waals surface area contributed by atoms with Gasteiger partial charge in [0.25, 0.3) is 11.8 Å². The van der Waals surface area contributed by atoms with Gasteiger partial charge in [-0.05, 0) is 49.2 Å². The van der Waals surface area contributed by atoms with Gasteiger partial charge in [-0.3, -0.25) is 14.4 Å². The number of benzene rings is 2. The highest BCUT2D eigenvalue weighted by atomic mass is 19.3. The van der Waals surface area contributed by atoms with Gasteiger partial charge >= 0.3 is 6.61 Å². The Kier molecular flexibility index (Phi) is 9.42. The van der Waals surface area contributed by atoms with Crippen LogP contribution < -0.4 is 15.8 Å². The molecule has 0 aliphatic rings. The average molecular weight is 538 g/mol. The van der Waals surface area contributed by atoms with Gasteiger partial charge in [0.2, 0.25) is 5.82 Å². The fourth-order valence-corrected chi connectivity index (χ4v) is 3.74. The first-order chi connectivity index (χ1) is 18.1. The van der Waals surface area contributed by atoms with Crippen molar-refractivity contribution in [3.8, 4) is 17.0 Å². The van der Waals surface area contributed by atoms with Crippen LogP contribution in [-0.4, -0.2) is 52.7 Å². The van der Waals surface area contributed by atoms with Crippen molar-refractivity contribution in [1.29, 1.82) is 0 Å². The minimum absolute atomic E-state index is 0.0301. The Labute approximate surface area is 216 Å². The molecule has 0 saturated heterocycles. The number of nitrogens with one attached hydrogen (secondary N) is 1. The minimum Gasteiger partial charge on any atom is -0.432 e. The van der Waals surface area contributed by atoms with E-state index in [0.29, 0.717) is 29.8 Å². The molecule has 0 aliphatic heterocycles. The largest absolute Gasteiger partial charge is 0.432 e. The molecule has 1 aromatic heterocycles. The predicted octanol–water partition coefficient (Wildman–Crippen LogP) is 4.13.